The standard InChI is InChI=1S/C14H20N2O/c1-14(2)9-12(15)10-16(14)13(17)8-11-6-4-3-5-7-11/h3-7,12H,8-10,15H2,1-2H3. The Kier molecular flexibility index (Phi) is 3.20. The summed E-state index contributed by atoms with van der Waals surface area (Å²) in [7, 11) is 0. The van der Waals surface area contributed by atoms with Gasteiger partial charge in [-0.15, -0.1) is 0 Å². The Morgan fingerprint density at radius 1 is 1.41 bits per heavy atom. The molecule has 92 valence electrons. The fraction of sp³-hybridized carbons (Fsp3) is 0.500. The predicted molar refractivity (Wildman–Crippen MR) is 68.5 cm³/mol. The van der Waals surface area contributed by atoms with E-state index in [-0.39, 0.29) is 17.5 Å². The van der Waals surface area contributed by atoms with Gasteiger partial charge >= 0.3 is 0 Å². The Hall–Kier alpha value is -1.35. The van der Waals surface area contributed by atoms with Gasteiger partial charge < -0.3 is 10.6 Å². The number of amides is 1. The number of nitrogens with zero attached hydrogens (tertiary/aromatic N) is 1. The van der Waals surface area contributed by atoms with Crippen LogP contribution in [-0.2, 0) is 11.2 Å². The summed E-state index contributed by atoms with van der Waals surface area (Å²) in [6.45, 7) is 4.85. The second kappa shape index (κ2) is 4.49. The zero-order chi connectivity index (χ0) is 12.5. The Morgan fingerprint density at radius 2 is 2.06 bits per heavy atom. The van der Waals surface area contributed by atoms with Crippen LogP contribution >= 0.6 is 0 Å². The van der Waals surface area contributed by atoms with Gasteiger partial charge in [0.1, 0.15) is 0 Å². The van der Waals surface area contributed by atoms with Crippen molar-refractivity contribution in [1.82, 2.24) is 4.90 Å². The summed E-state index contributed by atoms with van der Waals surface area (Å²) in [5, 5.41) is 0. The van der Waals surface area contributed by atoms with Crippen LogP contribution in [0.3, 0.4) is 0 Å². The van der Waals surface area contributed by atoms with Crippen LogP contribution < -0.4 is 5.73 Å². The van der Waals surface area contributed by atoms with E-state index < -0.39 is 0 Å². The first-order chi connectivity index (χ1) is 7.99. The van der Waals surface area contributed by atoms with Crippen molar-refractivity contribution in [1.29, 1.82) is 0 Å². The van der Waals surface area contributed by atoms with Gasteiger partial charge in [0.15, 0.2) is 0 Å². The second-order valence-corrected chi connectivity index (χ2v) is 5.44. The lowest BCUT2D eigenvalue weighted by atomic mass is 10.00. The molecule has 0 saturated carbocycles. The number of hydrogen-bond donors (Lipinski definition) is 1. The molecular weight excluding hydrogens is 212 g/mol. The molecule has 0 radical (unpaired) electrons. The van der Waals surface area contributed by atoms with Crippen molar-refractivity contribution < 1.29 is 4.79 Å². The first kappa shape index (κ1) is 12.1. The van der Waals surface area contributed by atoms with Crippen LogP contribution in [0.5, 0.6) is 0 Å². The minimum atomic E-state index is -0.106. The quantitative estimate of drug-likeness (QED) is 0.841. The van der Waals surface area contributed by atoms with E-state index in [1.54, 1.807) is 0 Å². The maximum absolute atomic E-state index is 12.2. The summed E-state index contributed by atoms with van der Waals surface area (Å²) in [6, 6.07) is 9.98. The van der Waals surface area contributed by atoms with E-state index in [2.05, 4.69) is 13.8 Å². The van der Waals surface area contributed by atoms with Gasteiger partial charge in [0.05, 0.1) is 6.42 Å². The molecule has 1 aromatic rings. The van der Waals surface area contributed by atoms with Crippen molar-refractivity contribution in [2.75, 3.05) is 6.54 Å². The minimum absolute atomic E-state index is 0.106. The van der Waals surface area contributed by atoms with Gasteiger partial charge in [0.2, 0.25) is 5.91 Å². The van der Waals surface area contributed by atoms with Crippen LogP contribution in [0.2, 0.25) is 0 Å². The minimum Gasteiger partial charge on any atom is -0.336 e. The van der Waals surface area contributed by atoms with Gasteiger partial charge in [-0.25, -0.2) is 0 Å². The number of nitrogens with two attached hydrogens (primary N) is 1. The lowest BCUT2D eigenvalue weighted by Crippen LogP contribution is -2.43. The molecule has 2 rings (SSSR count). The zero-order valence-electron chi connectivity index (χ0n) is 10.5. The maximum atomic E-state index is 12.2. The number of carbonyl (C=O) groups is 1. The Bertz CT molecular complexity index is 400. The summed E-state index contributed by atoms with van der Waals surface area (Å²) < 4.78 is 0. The molecule has 1 aromatic carbocycles. The second-order valence-electron chi connectivity index (χ2n) is 5.44. The summed E-state index contributed by atoms with van der Waals surface area (Å²) >= 11 is 0. The van der Waals surface area contributed by atoms with Crippen LogP contribution in [0, 0.1) is 0 Å². The van der Waals surface area contributed by atoms with Crippen LogP contribution in [0.25, 0.3) is 0 Å². The number of hydrogen-bond acceptors (Lipinski definition) is 2. The fourth-order valence-corrected chi connectivity index (χ4v) is 2.60. The molecule has 1 unspecified atom stereocenters. The highest BCUT2D eigenvalue weighted by Crippen LogP contribution is 2.28. The molecule has 1 amide bonds. The normalized spacial score (nSPS) is 22.8. The molecule has 17 heavy (non-hydrogen) atoms. The smallest absolute Gasteiger partial charge is 0.227 e. The van der Waals surface area contributed by atoms with Crippen molar-refractivity contribution in [2.45, 2.75) is 38.3 Å². The van der Waals surface area contributed by atoms with E-state index in [1.165, 1.54) is 0 Å². The highest BCUT2D eigenvalue weighted by molar-refractivity contribution is 5.80. The third-order valence-corrected chi connectivity index (χ3v) is 3.41. The lowest BCUT2D eigenvalue weighted by Gasteiger charge is -2.31. The van der Waals surface area contributed by atoms with Crippen molar-refractivity contribution >= 4 is 5.91 Å². The van der Waals surface area contributed by atoms with Crippen LogP contribution in [0.15, 0.2) is 30.3 Å². The molecule has 0 aliphatic carbocycles. The summed E-state index contributed by atoms with van der Waals surface area (Å²) in [5.74, 6) is 0.175. The Labute approximate surface area is 103 Å². The Balaban J connectivity index is 2.06. The van der Waals surface area contributed by atoms with Gasteiger partial charge in [-0.05, 0) is 25.8 Å². The van der Waals surface area contributed by atoms with E-state index in [1.807, 2.05) is 35.2 Å². The lowest BCUT2D eigenvalue weighted by molar-refractivity contribution is -0.133. The molecular formula is C14H20N2O. The SMILES string of the molecule is CC1(C)CC(N)CN1C(=O)Cc1ccccc1. The zero-order valence-corrected chi connectivity index (χ0v) is 10.5. The van der Waals surface area contributed by atoms with Gasteiger partial charge in [-0.3, -0.25) is 4.79 Å². The highest BCUT2D eigenvalue weighted by atomic mass is 16.2. The summed E-state index contributed by atoms with van der Waals surface area (Å²) in [6.07, 6.45) is 1.35. The summed E-state index contributed by atoms with van der Waals surface area (Å²) in [5.41, 5.74) is 6.90. The topological polar surface area (TPSA) is 46.3 Å². The molecule has 0 aromatic heterocycles. The molecule has 0 bridgehead atoms. The highest BCUT2D eigenvalue weighted by Gasteiger charge is 2.39. The summed E-state index contributed by atoms with van der Waals surface area (Å²) in [4.78, 5) is 14.2. The molecule has 3 heteroatoms. The molecule has 1 fully saturated rings. The van der Waals surface area contributed by atoms with Gasteiger partial charge in [-0.2, -0.15) is 0 Å². The monoisotopic (exact) mass is 232 g/mol. The number of rotatable bonds is 2. The van der Waals surface area contributed by atoms with E-state index in [9.17, 15) is 4.79 Å². The van der Waals surface area contributed by atoms with Crippen molar-refractivity contribution in [3.8, 4) is 0 Å². The van der Waals surface area contributed by atoms with Gasteiger partial charge in [0, 0.05) is 18.1 Å². The third kappa shape index (κ3) is 2.67. The van der Waals surface area contributed by atoms with Crippen molar-refractivity contribution in [3.05, 3.63) is 35.9 Å². The molecule has 1 saturated heterocycles. The average molecular weight is 232 g/mol. The third-order valence-electron chi connectivity index (χ3n) is 3.41. The largest absolute Gasteiger partial charge is 0.336 e. The predicted octanol–water partition coefficient (Wildman–Crippen LogP) is 1.57. The van der Waals surface area contributed by atoms with E-state index in [4.69, 9.17) is 5.73 Å². The van der Waals surface area contributed by atoms with Crippen LogP contribution in [0.1, 0.15) is 25.8 Å². The average Bonchev–Trinajstić information content (AvgIpc) is 2.53. The molecule has 0 spiro atoms. The molecule has 1 heterocycles. The van der Waals surface area contributed by atoms with Crippen molar-refractivity contribution in [2.24, 2.45) is 5.73 Å². The van der Waals surface area contributed by atoms with E-state index in [0.717, 1.165) is 12.0 Å². The van der Waals surface area contributed by atoms with Crippen molar-refractivity contribution in [3.63, 3.8) is 0 Å². The number of benzene rings is 1. The van der Waals surface area contributed by atoms with Gasteiger partial charge in [0.25, 0.3) is 0 Å². The number of carbonyl (C=O) groups excluding carboxylic acids is 1. The van der Waals surface area contributed by atoms with Crippen LogP contribution in [0.4, 0.5) is 0 Å². The van der Waals surface area contributed by atoms with Crippen LogP contribution in [-0.4, -0.2) is 28.9 Å². The first-order valence-corrected chi connectivity index (χ1v) is 6.09. The number of likely N-dealkylation sites (tertiary alicyclic amines) is 1. The molecule has 1 aliphatic heterocycles. The fourth-order valence-electron chi connectivity index (χ4n) is 2.60. The van der Waals surface area contributed by atoms with E-state index in [0.29, 0.717) is 13.0 Å². The molecule has 2 N–H and O–H groups in total. The molecule has 3 nitrogen and oxygen atoms in total. The van der Waals surface area contributed by atoms with E-state index >= 15 is 0 Å². The Morgan fingerprint density at radius 3 is 2.59 bits per heavy atom. The maximum Gasteiger partial charge on any atom is 0.227 e. The molecule has 1 atom stereocenters. The van der Waals surface area contributed by atoms with Gasteiger partial charge in [-0.1, -0.05) is 30.3 Å². The first-order valence-electron chi connectivity index (χ1n) is 6.09. The molecule has 1 aliphatic rings.